The van der Waals surface area contributed by atoms with Crippen molar-refractivity contribution in [3.05, 3.63) is 59.7 Å². The molecule has 2 aliphatic carbocycles. The summed E-state index contributed by atoms with van der Waals surface area (Å²) in [6, 6.07) is 14.9. The van der Waals surface area contributed by atoms with Crippen LogP contribution in [0.4, 0.5) is 0 Å². The molecule has 1 saturated carbocycles. The predicted octanol–water partition coefficient (Wildman–Crippen LogP) is 3.17. The van der Waals surface area contributed by atoms with Crippen LogP contribution in [0.15, 0.2) is 48.5 Å². The highest BCUT2D eigenvalue weighted by molar-refractivity contribution is 5.97. The van der Waals surface area contributed by atoms with Gasteiger partial charge in [0.05, 0.1) is 5.92 Å². The van der Waals surface area contributed by atoms with Crippen molar-refractivity contribution in [2.24, 2.45) is 5.92 Å². The minimum atomic E-state index is -0.949. The number of hydrogen-bond donors (Lipinski definition) is 2. The van der Waals surface area contributed by atoms with Gasteiger partial charge in [-0.25, -0.2) is 4.79 Å². The average Bonchev–Trinajstić information content (AvgIpc) is 3.33. The molecule has 122 valence electrons. The number of rotatable bonds is 5. The van der Waals surface area contributed by atoms with Gasteiger partial charge < -0.3 is 10.4 Å². The summed E-state index contributed by atoms with van der Waals surface area (Å²) in [6.07, 6.45) is 2.65. The summed E-state index contributed by atoms with van der Waals surface area (Å²) >= 11 is 0. The van der Waals surface area contributed by atoms with Gasteiger partial charge in [0, 0.05) is 0 Å². The Labute approximate surface area is 140 Å². The molecule has 2 aromatic rings. The normalized spacial score (nSPS) is 17.0. The molecule has 1 amide bonds. The first-order valence-electron chi connectivity index (χ1n) is 8.36. The second-order valence-electron chi connectivity index (χ2n) is 6.69. The second kappa shape index (κ2) is 5.78. The van der Waals surface area contributed by atoms with Crippen LogP contribution in [0, 0.1) is 5.92 Å². The largest absolute Gasteiger partial charge is 0.480 e. The van der Waals surface area contributed by atoms with Crippen molar-refractivity contribution in [2.75, 3.05) is 0 Å². The fourth-order valence-electron chi connectivity index (χ4n) is 3.60. The number of nitrogens with one attached hydrogen (secondary N) is 1. The molecule has 1 atom stereocenters. The molecule has 4 rings (SSSR count). The van der Waals surface area contributed by atoms with E-state index in [2.05, 4.69) is 5.32 Å². The standard InChI is InChI=1S/C20H19NO3/c22-19(21-17(20(23)24)11-12-9-10-12)18-15-7-3-1-5-13(15)14-6-2-4-8-16(14)18/h1-8,12,17-18H,9-11H2,(H,21,22)(H,23,24)/t17-/m1/s1. The minimum Gasteiger partial charge on any atom is -0.480 e. The van der Waals surface area contributed by atoms with E-state index in [0.29, 0.717) is 12.3 Å². The first kappa shape index (κ1) is 14.9. The van der Waals surface area contributed by atoms with Gasteiger partial charge in [-0.15, -0.1) is 0 Å². The summed E-state index contributed by atoms with van der Waals surface area (Å²) in [6.45, 7) is 0. The number of carboxylic acid groups (broad SMARTS) is 1. The van der Waals surface area contributed by atoms with E-state index in [4.69, 9.17) is 0 Å². The van der Waals surface area contributed by atoms with Crippen molar-refractivity contribution in [2.45, 2.75) is 31.2 Å². The molecular weight excluding hydrogens is 302 g/mol. The molecule has 1 fully saturated rings. The van der Waals surface area contributed by atoms with Crippen molar-refractivity contribution in [1.29, 1.82) is 0 Å². The van der Waals surface area contributed by atoms with Crippen molar-refractivity contribution in [3.63, 3.8) is 0 Å². The molecule has 0 unspecified atom stereocenters. The minimum absolute atomic E-state index is 0.222. The van der Waals surface area contributed by atoms with Crippen molar-refractivity contribution < 1.29 is 14.7 Å². The highest BCUT2D eigenvalue weighted by atomic mass is 16.4. The van der Waals surface area contributed by atoms with E-state index < -0.39 is 17.9 Å². The van der Waals surface area contributed by atoms with Gasteiger partial charge in [0.25, 0.3) is 0 Å². The third-order valence-corrected chi connectivity index (χ3v) is 4.98. The highest BCUT2D eigenvalue weighted by Crippen LogP contribution is 2.44. The lowest BCUT2D eigenvalue weighted by molar-refractivity contribution is -0.142. The van der Waals surface area contributed by atoms with Crippen LogP contribution in [-0.4, -0.2) is 23.0 Å². The molecule has 2 N–H and O–H groups in total. The molecular formula is C20H19NO3. The van der Waals surface area contributed by atoms with E-state index in [0.717, 1.165) is 35.1 Å². The smallest absolute Gasteiger partial charge is 0.326 e. The lowest BCUT2D eigenvalue weighted by atomic mass is 9.95. The van der Waals surface area contributed by atoms with E-state index in [1.807, 2.05) is 48.5 Å². The number of fused-ring (bicyclic) bond motifs is 3. The van der Waals surface area contributed by atoms with E-state index in [-0.39, 0.29) is 5.91 Å². The van der Waals surface area contributed by atoms with Crippen LogP contribution in [-0.2, 0) is 9.59 Å². The third-order valence-electron chi connectivity index (χ3n) is 4.98. The molecule has 2 aromatic carbocycles. The molecule has 4 heteroatoms. The Morgan fingerprint density at radius 1 is 1.00 bits per heavy atom. The Kier molecular flexibility index (Phi) is 3.60. The number of carbonyl (C=O) groups excluding carboxylic acids is 1. The van der Waals surface area contributed by atoms with Crippen LogP contribution >= 0.6 is 0 Å². The summed E-state index contributed by atoms with van der Waals surface area (Å²) in [5, 5.41) is 12.2. The first-order valence-corrected chi connectivity index (χ1v) is 8.36. The van der Waals surface area contributed by atoms with Crippen molar-refractivity contribution in [3.8, 4) is 11.1 Å². The average molecular weight is 321 g/mol. The zero-order valence-electron chi connectivity index (χ0n) is 13.2. The Hall–Kier alpha value is -2.62. The summed E-state index contributed by atoms with van der Waals surface area (Å²) in [4.78, 5) is 24.4. The number of benzene rings is 2. The Morgan fingerprint density at radius 3 is 2.04 bits per heavy atom. The number of aliphatic carboxylic acids is 1. The summed E-state index contributed by atoms with van der Waals surface area (Å²) in [5.74, 6) is -1.16. The van der Waals surface area contributed by atoms with Crippen molar-refractivity contribution >= 4 is 11.9 Å². The van der Waals surface area contributed by atoms with Crippen LogP contribution < -0.4 is 5.32 Å². The SMILES string of the molecule is O=C(N[C@H](CC1CC1)C(=O)O)C1c2ccccc2-c2ccccc21. The molecule has 0 heterocycles. The topological polar surface area (TPSA) is 66.4 Å². The number of amides is 1. The molecule has 0 aliphatic heterocycles. The lowest BCUT2D eigenvalue weighted by Gasteiger charge is -2.19. The molecule has 0 aromatic heterocycles. The van der Waals surface area contributed by atoms with E-state index in [1.165, 1.54) is 0 Å². The number of hydrogen-bond acceptors (Lipinski definition) is 2. The molecule has 0 radical (unpaired) electrons. The van der Waals surface area contributed by atoms with E-state index in [1.54, 1.807) is 0 Å². The molecule has 4 nitrogen and oxygen atoms in total. The van der Waals surface area contributed by atoms with Gasteiger partial charge in [-0.1, -0.05) is 61.4 Å². The van der Waals surface area contributed by atoms with Crippen LogP contribution in [0.3, 0.4) is 0 Å². The van der Waals surface area contributed by atoms with Crippen LogP contribution in [0.2, 0.25) is 0 Å². The fraction of sp³-hybridized carbons (Fsp3) is 0.300. The fourth-order valence-corrected chi connectivity index (χ4v) is 3.60. The maximum Gasteiger partial charge on any atom is 0.326 e. The number of carbonyl (C=O) groups is 2. The Bertz CT molecular complexity index is 765. The third kappa shape index (κ3) is 2.58. The molecule has 24 heavy (non-hydrogen) atoms. The molecule has 2 aliphatic rings. The van der Waals surface area contributed by atoms with Crippen LogP contribution in [0.5, 0.6) is 0 Å². The second-order valence-corrected chi connectivity index (χ2v) is 6.69. The van der Waals surface area contributed by atoms with Crippen molar-refractivity contribution in [1.82, 2.24) is 5.32 Å². The van der Waals surface area contributed by atoms with Gasteiger partial charge in [0.15, 0.2) is 0 Å². The molecule has 0 spiro atoms. The lowest BCUT2D eigenvalue weighted by Crippen LogP contribution is -2.43. The summed E-state index contributed by atoms with van der Waals surface area (Å²) in [7, 11) is 0. The quantitative estimate of drug-likeness (QED) is 0.889. The van der Waals surface area contributed by atoms with E-state index >= 15 is 0 Å². The Balaban J connectivity index is 1.65. The zero-order valence-corrected chi connectivity index (χ0v) is 13.2. The van der Waals surface area contributed by atoms with Crippen LogP contribution in [0.1, 0.15) is 36.3 Å². The first-order chi connectivity index (χ1) is 11.6. The highest BCUT2D eigenvalue weighted by Gasteiger charge is 2.36. The Morgan fingerprint density at radius 2 is 1.54 bits per heavy atom. The van der Waals surface area contributed by atoms with Crippen LogP contribution in [0.25, 0.3) is 11.1 Å². The predicted molar refractivity (Wildman–Crippen MR) is 90.6 cm³/mol. The summed E-state index contributed by atoms with van der Waals surface area (Å²) < 4.78 is 0. The van der Waals surface area contributed by atoms with Gasteiger partial charge >= 0.3 is 5.97 Å². The number of carboxylic acids is 1. The maximum atomic E-state index is 12.9. The van der Waals surface area contributed by atoms with Gasteiger partial charge in [-0.2, -0.15) is 0 Å². The molecule has 0 bridgehead atoms. The van der Waals surface area contributed by atoms with Gasteiger partial charge in [-0.05, 0) is 34.6 Å². The van der Waals surface area contributed by atoms with Gasteiger partial charge in [0.1, 0.15) is 6.04 Å². The maximum absolute atomic E-state index is 12.9. The van der Waals surface area contributed by atoms with Gasteiger partial charge in [0.2, 0.25) is 5.91 Å². The summed E-state index contributed by atoms with van der Waals surface area (Å²) in [5.41, 5.74) is 4.02. The van der Waals surface area contributed by atoms with E-state index in [9.17, 15) is 14.7 Å². The zero-order chi connectivity index (χ0) is 16.7. The monoisotopic (exact) mass is 321 g/mol. The van der Waals surface area contributed by atoms with Gasteiger partial charge in [-0.3, -0.25) is 4.79 Å². The molecule has 0 saturated heterocycles.